The van der Waals surface area contributed by atoms with E-state index in [9.17, 15) is 4.79 Å². The number of carbonyl (C=O) groups excluding carboxylic acids is 1. The molecule has 1 N–H and O–H groups in total. The number of amides is 2. The summed E-state index contributed by atoms with van der Waals surface area (Å²) in [6.07, 6.45) is 1.28. The van der Waals surface area contributed by atoms with Gasteiger partial charge in [0.15, 0.2) is 0 Å². The summed E-state index contributed by atoms with van der Waals surface area (Å²) in [7, 11) is 1.71. The number of nitrogens with zero attached hydrogens (tertiary/aromatic N) is 2. The van der Waals surface area contributed by atoms with Gasteiger partial charge in [0.1, 0.15) is 5.75 Å². The van der Waals surface area contributed by atoms with E-state index in [1.807, 2.05) is 36.9 Å². The molecule has 6 heteroatoms. The minimum absolute atomic E-state index is 0.0257. The lowest BCUT2D eigenvalue weighted by Gasteiger charge is -2.35. The number of hydrogen-bond donors (Lipinski definition) is 1. The summed E-state index contributed by atoms with van der Waals surface area (Å²) in [5.41, 5.74) is 1.13. The molecule has 2 saturated heterocycles. The fourth-order valence-corrected chi connectivity index (χ4v) is 3.80. The Morgan fingerprint density at radius 1 is 1.24 bits per heavy atom. The summed E-state index contributed by atoms with van der Waals surface area (Å²) in [6, 6.07) is 8.13. The van der Waals surface area contributed by atoms with Crippen LogP contribution in [-0.4, -0.2) is 63.0 Å². The molecule has 25 heavy (non-hydrogen) atoms. The maximum absolute atomic E-state index is 12.4. The number of methoxy groups -OCH3 is 1. The molecule has 0 spiro atoms. The van der Waals surface area contributed by atoms with Crippen LogP contribution < -0.4 is 15.0 Å². The molecule has 0 aromatic heterocycles. The Hall–Kier alpha value is -1.95. The SMILES string of the molecule is COc1ccccc1N1CCC(CNC(=O)N2CC(C)OC(C)C2)C1. The fourth-order valence-electron chi connectivity index (χ4n) is 3.80. The molecule has 6 nitrogen and oxygen atoms in total. The minimum atomic E-state index is 0.0257. The molecule has 2 amide bonds. The molecule has 3 unspecified atom stereocenters. The molecule has 2 fully saturated rings. The van der Waals surface area contributed by atoms with Crippen molar-refractivity contribution in [3.8, 4) is 5.75 Å². The monoisotopic (exact) mass is 347 g/mol. The second-order valence-electron chi connectivity index (χ2n) is 7.12. The Kier molecular flexibility index (Phi) is 5.68. The zero-order valence-electron chi connectivity index (χ0n) is 15.4. The Bertz CT molecular complexity index is 585. The smallest absolute Gasteiger partial charge is 0.317 e. The third kappa shape index (κ3) is 4.37. The molecule has 1 aromatic rings. The van der Waals surface area contributed by atoms with E-state index in [-0.39, 0.29) is 18.2 Å². The van der Waals surface area contributed by atoms with E-state index in [4.69, 9.17) is 9.47 Å². The van der Waals surface area contributed by atoms with Crippen LogP contribution in [0.2, 0.25) is 0 Å². The van der Waals surface area contributed by atoms with Gasteiger partial charge in [0.05, 0.1) is 25.0 Å². The van der Waals surface area contributed by atoms with Crippen LogP contribution in [0.3, 0.4) is 0 Å². The first-order valence-electron chi connectivity index (χ1n) is 9.13. The van der Waals surface area contributed by atoms with Gasteiger partial charge in [-0.15, -0.1) is 0 Å². The van der Waals surface area contributed by atoms with Gasteiger partial charge in [0.2, 0.25) is 0 Å². The maximum Gasteiger partial charge on any atom is 0.317 e. The van der Waals surface area contributed by atoms with E-state index < -0.39 is 0 Å². The predicted octanol–water partition coefficient (Wildman–Crippen LogP) is 2.34. The first kappa shape index (κ1) is 17.9. The summed E-state index contributed by atoms with van der Waals surface area (Å²) in [5.74, 6) is 1.37. The molecule has 0 saturated carbocycles. The topological polar surface area (TPSA) is 54.0 Å². The second kappa shape index (κ2) is 7.95. The summed E-state index contributed by atoms with van der Waals surface area (Å²) in [6.45, 7) is 7.99. The van der Waals surface area contributed by atoms with E-state index in [2.05, 4.69) is 16.3 Å². The lowest BCUT2D eigenvalue weighted by Crippen LogP contribution is -2.52. The standard InChI is InChI=1S/C19H29N3O3/c1-14-11-22(12-15(2)25-14)19(23)20-10-16-8-9-21(13-16)17-6-4-5-7-18(17)24-3/h4-7,14-16H,8-13H2,1-3H3,(H,20,23). The number of urea groups is 1. The van der Waals surface area contributed by atoms with E-state index in [1.54, 1.807) is 7.11 Å². The molecule has 2 heterocycles. The van der Waals surface area contributed by atoms with Crippen LogP contribution in [0.15, 0.2) is 24.3 Å². The molecule has 0 aliphatic carbocycles. The van der Waals surface area contributed by atoms with Crippen LogP contribution in [0, 0.1) is 5.92 Å². The van der Waals surface area contributed by atoms with E-state index >= 15 is 0 Å². The molecule has 0 bridgehead atoms. The van der Waals surface area contributed by atoms with Crippen molar-refractivity contribution >= 4 is 11.7 Å². The quantitative estimate of drug-likeness (QED) is 0.908. The van der Waals surface area contributed by atoms with E-state index in [1.165, 1.54) is 0 Å². The van der Waals surface area contributed by atoms with Crippen molar-refractivity contribution in [1.82, 2.24) is 10.2 Å². The Balaban J connectivity index is 1.49. The lowest BCUT2D eigenvalue weighted by molar-refractivity contribution is -0.0545. The minimum Gasteiger partial charge on any atom is -0.495 e. The number of anilines is 1. The van der Waals surface area contributed by atoms with Crippen molar-refractivity contribution in [1.29, 1.82) is 0 Å². The van der Waals surface area contributed by atoms with Gasteiger partial charge >= 0.3 is 6.03 Å². The highest BCUT2D eigenvalue weighted by atomic mass is 16.5. The Morgan fingerprint density at radius 3 is 2.68 bits per heavy atom. The van der Waals surface area contributed by atoms with Crippen molar-refractivity contribution in [3.63, 3.8) is 0 Å². The van der Waals surface area contributed by atoms with Crippen LogP contribution in [0.4, 0.5) is 10.5 Å². The van der Waals surface area contributed by atoms with Gasteiger partial charge in [0, 0.05) is 32.7 Å². The predicted molar refractivity (Wildman–Crippen MR) is 98.3 cm³/mol. The normalized spacial score (nSPS) is 26.6. The fraction of sp³-hybridized carbons (Fsp3) is 0.632. The highest BCUT2D eigenvalue weighted by molar-refractivity contribution is 5.74. The highest BCUT2D eigenvalue weighted by Gasteiger charge is 2.28. The number of benzene rings is 1. The first-order chi connectivity index (χ1) is 12.1. The van der Waals surface area contributed by atoms with E-state index in [0.29, 0.717) is 25.6 Å². The van der Waals surface area contributed by atoms with Crippen molar-refractivity contribution < 1.29 is 14.3 Å². The third-order valence-corrected chi connectivity index (χ3v) is 4.96. The van der Waals surface area contributed by atoms with Crippen LogP contribution in [-0.2, 0) is 4.74 Å². The summed E-state index contributed by atoms with van der Waals surface area (Å²) in [5, 5.41) is 3.11. The summed E-state index contributed by atoms with van der Waals surface area (Å²) >= 11 is 0. The molecular weight excluding hydrogens is 318 g/mol. The Morgan fingerprint density at radius 2 is 1.96 bits per heavy atom. The lowest BCUT2D eigenvalue weighted by atomic mass is 10.1. The maximum atomic E-state index is 12.4. The van der Waals surface area contributed by atoms with Crippen molar-refractivity contribution in [3.05, 3.63) is 24.3 Å². The number of nitrogens with one attached hydrogen (secondary N) is 1. The van der Waals surface area contributed by atoms with Gasteiger partial charge in [-0.2, -0.15) is 0 Å². The first-order valence-corrected chi connectivity index (χ1v) is 9.13. The third-order valence-electron chi connectivity index (χ3n) is 4.96. The molecule has 1 aromatic carbocycles. The highest BCUT2D eigenvalue weighted by Crippen LogP contribution is 2.31. The van der Waals surface area contributed by atoms with Gasteiger partial charge in [-0.1, -0.05) is 12.1 Å². The molecule has 2 aliphatic rings. The zero-order chi connectivity index (χ0) is 17.8. The Labute approximate surface area is 150 Å². The van der Waals surface area contributed by atoms with Crippen LogP contribution in [0.5, 0.6) is 5.75 Å². The number of carbonyl (C=O) groups is 1. The number of ether oxygens (including phenoxy) is 2. The van der Waals surface area contributed by atoms with E-state index in [0.717, 1.165) is 30.9 Å². The molecule has 138 valence electrons. The number of hydrogen-bond acceptors (Lipinski definition) is 4. The number of rotatable bonds is 4. The summed E-state index contributed by atoms with van der Waals surface area (Å²) < 4.78 is 11.1. The van der Waals surface area contributed by atoms with Gasteiger partial charge in [-0.25, -0.2) is 4.79 Å². The molecule has 3 atom stereocenters. The van der Waals surface area contributed by atoms with Gasteiger partial charge in [-0.05, 0) is 38.3 Å². The van der Waals surface area contributed by atoms with Crippen molar-refractivity contribution in [2.45, 2.75) is 32.5 Å². The zero-order valence-corrected chi connectivity index (χ0v) is 15.4. The average Bonchev–Trinajstić information content (AvgIpc) is 3.07. The number of para-hydroxylation sites is 2. The molecule has 2 aliphatic heterocycles. The van der Waals surface area contributed by atoms with Gasteiger partial charge in [0.25, 0.3) is 0 Å². The van der Waals surface area contributed by atoms with Crippen molar-refractivity contribution in [2.75, 3.05) is 44.7 Å². The largest absolute Gasteiger partial charge is 0.495 e. The second-order valence-corrected chi connectivity index (χ2v) is 7.12. The average molecular weight is 347 g/mol. The molecule has 3 rings (SSSR count). The van der Waals surface area contributed by atoms with Crippen molar-refractivity contribution in [2.24, 2.45) is 5.92 Å². The van der Waals surface area contributed by atoms with Crippen LogP contribution >= 0.6 is 0 Å². The van der Waals surface area contributed by atoms with Gasteiger partial charge < -0.3 is 24.6 Å². The molecular formula is C19H29N3O3. The molecule has 0 radical (unpaired) electrons. The van der Waals surface area contributed by atoms with Crippen LogP contribution in [0.1, 0.15) is 20.3 Å². The van der Waals surface area contributed by atoms with Gasteiger partial charge in [-0.3, -0.25) is 0 Å². The summed E-state index contributed by atoms with van der Waals surface area (Å²) in [4.78, 5) is 16.6. The number of morpholine rings is 1. The van der Waals surface area contributed by atoms with Crippen LogP contribution in [0.25, 0.3) is 0 Å².